The number of benzene rings is 1. The number of rotatable bonds is 3. The van der Waals surface area contributed by atoms with E-state index in [1.54, 1.807) is 13.0 Å². The number of carboxylic acid groups (broad SMARTS) is 1. The van der Waals surface area contributed by atoms with E-state index < -0.39 is 23.5 Å². The molecule has 0 amide bonds. The topological polar surface area (TPSA) is 61.1 Å². The van der Waals surface area contributed by atoms with Crippen LogP contribution in [0.1, 0.15) is 40.4 Å². The Morgan fingerprint density at radius 2 is 2.19 bits per heavy atom. The molecule has 0 aromatic heterocycles. The molecule has 0 fully saturated rings. The lowest BCUT2D eigenvalue weighted by Crippen LogP contribution is -2.07. The van der Waals surface area contributed by atoms with Crippen LogP contribution in [0.5, 0.6) is 0 Å². The van der Waals surface area contributed by atoms with Crippen LogP contribution < -0.4 is 0 Å². The molecular weight excluding hydrogens is 216 g/mol. The number of aryl methyl sites for hydroxylation is 1. The number of hydrogen-bond donors (Lipinski definition) is 1. The standard InChI is InChI=1S/C11H9F2NO2/c1-2-7-3-6(5-14)4-8(11(15)16)9(7)10(12)13/h3-4,10H,2H2,1H3,(H,15,16). The van der Waals surface area contributed by atoms with Gasteiger partial charge in [0, 0.05) is 5.56 Å². The summed E-state index contributed by atoms with van der Waals surface area (Å²) in [6.07, 6.45) is -2.59. The molecule has 84 valence electrons. The molecule has 1 N–H and O–H groups in total. The zero-order valence-corrected chi connectivity index (χ0v) is 8.50. The third-order valence-corrected chi connectivity index (χ3v) is 2.22. The van der Waals surface area contributed by atoms with E-state index in [0.29, 0.717) is 0 Å². The molecule has 0 aliphatic heterocycles. The van der Waals surface area contributed by atoms with Gasteiger partial charge in [-0.25, -0.2) is 13.6 Å². The number of nitrogens with zero attached hydrogens (tertiary/aromatic N) is 1. The lowest BCUT2D eigenvalue weighted by molar-refractivity contribution is 0.0684. The summed E-state index contributed by atoms with van der Waals surface area (Å²) < 4.78 is 25.4. The molecule has 3 nitrogen and oxygen atoms in total. The molecule has 1 aromatic carbocycles. The first-order chi connectivity index (χ1) is 7.51. The summed E-state index contributed by atoms with van der Waals surface area (Å²) in [5.41, 5.74) is -0.704. The predicted molar refractivity (Wildman–Crippen MR) is 52.5 cm³/mol. The first-order valence-corrected chi connectivity index (χ1v) is 4.59. The molecule has 0 saturated heterocycles. The van der Waals surface area contributed by atoms with Crippen molar-refractivity contribution >= 4 is 5.97 Å². The van der Waals surface area contributed by atoms with E-state index in [4.69, 9.17) is 10.4 Å². The van der Waals surface area contributed by atoms with Gasteiger partial charge in [-0.15, -0.1) is 0 Å². The van der Waals surface area contributed by atoms with Gasteiger partial charge in [-0.05, 0) is 24.1 Å². The average molecular weight is 225 g/mol. The van der Waals surface area contributed by atoms with Gasteiger partial charge in [0.25, 0.3) is 6.43 Å². The van der Waals surface area contributed by atoms with Crippen LogP contribution >= 0.6 is 0 Å². The van der Waals surface area contributed by atoms with E-state index in [0.717, 1.165) is 6.07 Å². The monoisotopic (exact) mass is 225 g/mol. The second kappa shape index (κ2) is 4.71. The molecule has 0 heterocycles. The highest BCUT2D eigenvalue weighted by molar-refractivity contribution is 5.90. The second-order valence-electron chi connectivity index (χ2n) is 3.17. The molecule has 0 atom stereocenters. The zero-order chi connectivity index (χ0) is 12.3. The molecule has 0 aliphatic rings. The van der Waals surface area contributed by atoms with Gasteiger partial charge in [0.1, 0.15) is 0 Å². The third-order valence-electron chi connectivity index (χ3n) is 2.22. The van der Waals surface area contributed by atoms with Crippen LogP contribution in [0.3, 0.4) is 0 Å². The van der Waals surface area contributed by atoms with Gasteiger partial charge in [-0.1, -0.05) is 6.92 Å². The highest BCUT2D eigenvalue weighted by Crippen LogP contribution is 2.28. The number of aromatic carboxylic acids is 1. The Morgan fingerprint density at radius 3 is 2.56 bits per heavy atom. The Kier molecular flexibility index (Phi) is 3.56. The van der Waals surface area contributed by atoms with Gasteiger partial charge in [-0.3, -0.25) is 0 Å². The largest absolute Gasteiger partial charge is 0.478 e. The molecule has 0 bridgehead atoms. The minimum atomic E-state index is -2.85. The number of nitriles is 1. The smallest absolute Gasteiger partial charge is 0.336 e. The number of carbonyl (C=O) groups is 1. The number of alkyl halides is 2. The number of carboxylic acids is 1. The molecule has 0 aliphatic carbocycles. The van der Waals surface area contributed by atoms with Crippen LogP contribution in [0.2, 0.25) is 0 Å². The summed E-state index contributed by atoms with van der Waals surface area (Å²) in [6, 6.07) is 4.03. The van der Waals surface area contributed by atoms with Crippen molar-refractivity contribution in [3.63, 3.8) is 0 Å². The Hall–Kier alpha value is -1.96. The fourth-order valence-corrected chi connectivity index (χ4v) is 1.51. The Morgan fingerprint density at radius 1 is 1.56 bits per heavy atom. The molecule has 0 spiro atoms. The van der Waals surface area contributed by atoms with E-state index in [-0.39, 0.29) is 17.5 Å². The van der Waals surface area contributed by atoms with Crippen molar-refractivity contribution in [2.24, 2.45) is 0 Å². The summed E-state index contributed by atoms with van der Waals surface area (Å²) in [6.45, 7) is 1.63. The first-order valence-electron chi connectivity index (χ1n) is 4.59. The van der Waals surface area contributed by atoms with Crippen molar-refractivity contribution in [2.45, 2.75) is 19.8 Å². The minimum Gasteiger partial charge on any atom is -0.478 e. The summed E-state index contributed by atoms with van der Waals surface area (Å²) in [5.74, 6) is -1.44. The molecule has 1 aromatic rings. The van der Waals surface area contributed by atoms with E-state index in [1.165, 1.54) is 6.07 Å². The maximum atomic E-state index is 12.7. The van der Waals surface area contributed by atoms with E-state index >= 15 is 0 Å². The molecule has 16 heavy (non-hydrogen) atoms. The normalized spacial score (nSPS) is 10.2. The van der Waals surface area contributed by atoms with Gasteiger partial charge in [0.2, 0.25) is 0 Å². The average Bonchev–Trinajstić information content (AvgIpc) is 2.26. The first kappa shape index (κ1) is 12.1. The fraction of sp³-hybridized carbons (Fsp3) is 0.273. The fourth-order valence-electron chi connectivity index (χ4n) is 1.51. The SMILES string of the molecule is CCc1cc(C#N)cc(C(=O)O)c1C(F)F. The van der Waals surface area contributed by atoms with Gasteiger partial charge in [0.05, 0.1) is 17.2 Å². The third kappa shape index (κ3) is 2.16. The molecule has 0 unspecified atom stereocenters. The lowest BCUT2D eigenvalue weighted by atomic mass is 9.96. The number of halogens is 2. The summed E-state index contributed by atoms with van der Waals surface area (Å²) in [4.78, 5) is 10.8. The van der Waals surface area contributed by atoms with Crippen LogP contribution in [-0.2, 0) is 6.42 Å². The van der Waals surface area contributed by atoms with Crippen LogP contribution in [-0.4, -0.2) is 11.1 Å². The van der Waals surface area contributed by atoms with Gasteiger partial charge in [0.15, 0.2) is 0 Å². The van der Waals surface area contributed by atoms with Gasteiger partial charge >= 0.3 is 5.97 Å². The summed E-state index contributed by atoms with van der Waals surface area (Å²) in [7, 11) is 0. The van der Waals surface area contributed by atoms with Crippen molar-refractivity contribution in [2.75, 3.05) is 0 Å². The van der Waals surface area contributed by atoms with Crippen LogP contribution in [0.15, 0.2) is 12.1 Å². The van der Waals surface area contributed by atoms with E-state index in [2.05, 4.69) is 0 Å². The molecule has 0 saturated carbocycles. The maximum Gasteiger partial charge on any atom is 0.336 e. The Bertz CT molecular complexity index is 464. The summed E-state index contributed by atoms with van der Waals surface area (Å²) >= 11 is 0. The van der Waals surface area contributed by atoms with Crippen molar-refractivity contribution in [3.05, 3.63) is 34.4 Å². The van der Waals surface area contributed by atoms with Crippen LogP contribution in [0.25, 0.3) is 0 Å². The van der Waals surface area contributed by atoms with Gasteiger partial charge < -0.3 is 5.11 Å². The second-order valence-corrected chi connectivity index (χ2v) is 3.17. The Balaban J connectivity index is 3.55. The zero-order valence-electron chi connectivity index (χ0n) is 8.50. The van der Waals surface area contributed by atoms with E-state index in [9.17, 15) is 13.6 Å². The highest BCUT2D eigenvalue weighted by atomic mass is 19.3. The van der Waals surface area contributed by atoms with Crippen molar-refractivity contribution in [1.82, 2.24) is 0 Å². The molecular formula is C11H9F2NO2. The quantitative estimate of drug-likeness (QED) is 0.860. The van der Waals surface area contributed by atoms with Crippen molar-refractivity contribution < 1.29 is 18.7 Å². The number of hydrogen-bond acceptors (Lipinski definition) is 2. The molecule has 5 heteroatoms. The minimum absolute atomic E-state index is 0.0821. The van der Waals surface area contributed by atoms with Crippen molar-refractivity contribution in [1.29, 1.82) is 5.26 Å². The Labute approximate surface area is 90.9 Å². The van der Waals surface area contributed by atoms with Crippen LogP contribution in [0, 0.1) is 11.3 Å². The summed E-state index contributed by atoms with van der Waals surface area (Å²) in [5, 5.41) is 17.5. The molecule has 0 radical (unpaired) electrons. The maximum absolute atomic E-state index is 12.7. The van der Waals surface area contributed by atoms with Crippen LogP contribution in [0.4, 0.5) is 8.78 Å². The molecule has 1 rings (SSSR count). The highest BCUT2D eigenvalue weighted by Gasteiger charge is 2.22. The van der Waals surface area contributed by atoms with E-state index in [1.807, 2.05) is 0 Å². The van der Waals surface area contributed by atoms with Crippen molar-refractivity contribution in [3.8, 4) is 6.07 Å². The lowest BCUT2D eigenvalue weighted by Gasteiger charge is -2.11. The predicted octanol–water partition coefficient (Wildman–Crippen LogP) is 2.76. The van der Waals surface area contributed by atoms with Gasteiger partial charge in [-0.2, -0.15) is 5.26 Å².